The van der Waals surface area contributed by atoms with Crippen molar-refractivity contribution in [2.24, 2.45) is 23.2 Å². The summed E-state index contributed by atoms with van der Waals surface area (Å²) < 4.78 is 0. The number of likely N-dealkylation sites (tertiary alicyclic amines) is 1. The van der Waals surface area contributed by atoms with Crippen LogP contribution in [0, 0.1) is 23.2 Å². The molecule has 0 radical (unpaired) electrons. The molecule has 2 unspecified atom stereocenters. The van der Waals surface area contributed by atoms with Crippen LogP contribution in [0.15, 0.2) is 0 Å². The fraction of sp³-hybridized carbons (Fsp3) is 0.882. The van der Waals surface area contributed by atoms with Gasteiger partial charge in [-0.2, -0.15) is 0 Å². The zero-order valence-electron chi connectivity index (χ0n) is 14.2. The third-order valence-corrected chi connectivity index (χ3v) is 6.03. The minimum atomic E-state index is -0.255. The van der Waals surface area contributed by atoms with E-state index in [0.717, 1.165) is 19.6 Å². The van der Waals surface area contributed by atoms with Crippen LogP contribution in [0.4, 0.5) is 0 Å². The number of nitrogens with one attached hydrogen (secondary N) is 1. The Bertz CT molecular complexity index is 407. The molecule has 0 spiro atoms. The van der Waals surface area contributed by atoms with Crippen molar-refractivity contribution in [2.75, 3.05) is 39.4 Å². The van der Waals surface area contributed by atoms with E-state index in [2.05, 4.69) is 10.2 Å². The molecule has 3 rings (SSSR count). The number of carbonyl (C=O) groups is 2. The van der Waals surface area contributed by atoms with Gasteiger partial charge in [-0.25, -0.2) is 0 Å². The average Bonchev–Trinajstić information content (AvgIpc) is 2.96. The van der Waals surface area contributed by atoms with E-state index in [9.17, 15) is 15.0 Å². The molecule has 3 fully saturated rings. The Morgan fingerprint density at radius 2 is 1.67 bits per heavy atom. The van der Waals surface area contributed by atoms with Gasteiger partial charge in [-0.05, 0) is 30.6 Å². The van der Waals surface area contributed by atoms with Crippen molar-refractivity contribution in [1.29, 1.82) is 0 Å². The van der Waals surface area contributed by atoms with Crippen LogP contribution in [0.25, 0.3) is 0 Å². The maximum Gasteiger partial charge on any atom is 0.290 e. The third kappa shape index (κ3) is 4.26. The Kier molecular flexibility index (Phi) is 7.01. The molecule has 7 heteroatoms. The highest BCUT2D eigenvalue weighted by molar-refractivity contribution is 5.78. The van der Waals surface area contributed by atoms with Gasteiger partial charge in [0.1, 0.15) is 0 Å². The summed E-state index contributed by atoms with van der Waals surface area (Å²) in [6.45, 7) is 2.86. The average molecular weight is 342 g/mol. The van der Waals surface area contributed by atoms with Gasteiger partial charge in [-0.3, -0.25) is 14.5 Å². The van der Waals surface area contributed by atoms with Crippen molar-refractivity contribution in [3.05, 3.63) is 0 Å². The van der Waals surface area contributed by atoms with E-state index < -0.39 is 0 Å². The van der Waals surface area contributed by atoms with Gasteiger partial charge in [0.2, 0.25) is 5.91 Å². The first-order valence-corrected chi connectivity index (χ1v) is 8.90. The minimum Gasteiger partial charge on any atom is -0.483 e. The number of hydrogen-bond acceptors (Lipinski definition) is 5. The fourth-order valence-corrected chi connectivity index (χ4v) is 4.48. The highest BCUT2D eigenvalue weighted by Gasteiger charge is 2.67. The van der Waals surface area contributed by atoms with Gasteiger partial charge in [0, 0.05) is 25.0 Å². The van der Waals surface area contributed by atoms with E-state index in [1.807, 2.05) is 0 Å². The maximum absolute atomic E-state index is 12.0. The molecule has 1 saturated heterocycles. The molecule has 2 atom stereocenters. The first kappa shape index (κ1) is 19.1. The lowest BCUT2D eigenvalue weighted by atomic mass is 9.89. The molecule has 1 aliphatic heterocycles. The molecule has 7 nitrogen and oxygen atoms in total. The summed E-state index contributed by atoms with van der Waals surface area (Å²) in [6, 6.07) is 0. The molecule has 24 heavy (non-hydrogen) atoms. The van der Waals surface area contributed by atoms with Gasteiger partial charge < -0.3 is 20.6 Å². The van der Waals surface area contributed by atoms with Crippen LogP contribution < -0.4 is 5.32 Å². The van der Waals surface area contributed by atoms with Crippen LogP contribution in [0.5, 0.6) is 0 Å². The molecule has 2 saturated carbocycles. The second-order valence-corrected chi connectivity index (χ2v) is 7.37. The summed E-state index contributed by atoms with van der Waals surface area (Å²) in [7, 11) is 0. The van der Waals surface area contributed by atoms with Crippen LogP contribution in [0.3, 0.4) is 0 Å². The molecule has 4 N–H and O–H groups in total. The Labute approximate surface area is 143 Å². The van der Waals surface area contributed by atoms with Gasteiger partial charge in [0.05, 0.1) is 19.8 Å². The summed E-state index contributed by atoms with van der Waals surface area (Å²) in [5, 5.41) is 28.8. The van der Waals surface area contributed by atoms with Crippen LogP contribution >= 0.6 is 0 Å². The smallest absolute Gasteiger partial charge is 0.290 e. The summed E-state index contributed by atoms with van der Waals surface area (Å²) in [5.74, 6) is 1.55. The number of aliphatic hydroxyl groups is 2. The van der Waals surface area contributed by atoms with Crippen LogP contribution in [0.2, 0.25) is 0 Å². The van der Waals surface area contributed by atoms with Crippen molar-refractivity contribution >= 4 is 12.4 Å². The quantitative estimate of drug-likeness (QED) is 0.503. The molecule has 138 valence electrons. The molecule has 0 aromatic heterocycles. The molecule has 2 aliphatic carbocycles. The second-order valence-electron chi connectivity index (χ2n) is 7.37. The minimum absolute atomic E-state index is 0.0700. The molecular weight excluding hydrogens is 312 g/mol. The summed E-state index contributed by atoms with van der Waals surface area (Å²) in [4.78, 5) is 22.5. The zero-order valence-corrected chi connectivity index (χ0v) is 14.2. The lowest BCUT2D eigenvalue weighted by Crippen LogP contribution is -2.41. The third-order valence-electron chi connectivity index (χ3n) is 6.03. The topological polar surface area (TPSA) is 110 Å². The Balaban J connectivity index is 0.000000647. The molecule has 0 aromatic rings. The van der Waals surface area contributed by atoms with E-state index in [1.165, 1.54) is 32.1 Å². The molecule has 1 amide bonds. The lowest BCUT2D eigenvalue weighted by Gasteiger charge is -2.25. The van der Waals surface area contributed by atoms with E-state index in [0.29, 0.717) is 24.3 Å². The number of rotatable bonds is 6. The van der Waals surface area contributed by atoms with Gasteiger partial charge in [-0.15, -0.1) is 0 Å². The van der Waals surface area contributed by atoms with Gasteiger partial charge >= 0.3 is 0 Å². The number of piperidine rings is 1. The number of amides is 1. The number of carboxylic acid groups (broad SMARTS) is 1. The van der Waals surface area contributed by atoms with Gasteiger partial charge in [0.15, 0.2) is 0 Å². The molecule has 1 heterocycles. The zero-order chi connectivity index (χ0) is 17.6. The SMILES string of the molecule is O=C(CN1CC2C(C1)C2(CO)CO)NCC1CCCCC1.O=CO. The van der Waals surface area contributed by atoms with Crippen molar-refractivity contribution in [3.8, 4) is 0 Å². The van der Waals surface area contributed by atoms with Crippen LogP contribution in [0.1, 0.15) is 32.1 Å². The number of nitrogens with zero attached hydrogens (tertiary/aromatic N) is 1. The van der Waals surface area contributed by atoms with Crippen molar-refractivity contribution in [1.82, 2.24) is 10.2 Å². The van der Waals surface area contributed by atoms with Crippen LogP contribution in [-0.2, 0) is 9.59 Å². The second kappa shape index (κ2) is 8.78. The standard InChI is InChI=1S/C16H28N2O3.CH2O2/c19-10-16(11-20)13-7-18(8-14(13)16)9-15(21)17-6-12-4-2-1-3-5-12;2-1-3/h12-14,19-20H,1-11H2,(H,17,21);1H,(H,2,3). The largest absolute Gasteiger partial charge is 0.483 e. The first-order chi connectivity index (χ1) is 11.6. The summed E-state index contributed by atoms with van der Waals surface area (Å²) in [5.41, 5.74) is -0.255. The summed E-state index contributed by atoms with van der Waals surface area (Å²) >= 11 is 0. The van der Waals surface area contributed by atoms with E-state index in [4.69, 9.17) is 9.90 Å². The van der Waals surface area contributed by atoms with E-state index in [-0.39, 0.29) is 31.0 Å². The predicted octanol–water partition coefficient (Wildman–Crippen LogP) is -0.0837. The molecule has 3 aliphatic rings. The first-order valence-electron chi connectivity index (χ1n) is 8.90. The number of fused-ring (bicyclic) bond motifs is 1. The van der Waals surface area contributed by atoms with E-state index >= 15 is 0 Å². The van der Waals surface area contributed by atoms with Crippen LogP contribution in [-0.4, -0.2) is 72.0 Å². The molecule has 0 bridgehead atoms. The Hall–Kier alpha value is -1.18. The number of hydrogen-bond donors (Lipinski definition) is 4. The fourth-order valence-electron chi connectivity index (χ4n) is 4.48. The van der Waals surface area contributed by atoms with Crippen molar-refractivity contribution < 1.29 is 24.9 Å². The normalized spacial score (nSPS) is 28.4. The Morgan fingerprint density at radius 3 is 2.17 bits per heavy atom. The predicted molar refractivity (Wildman–Crippen MR) is 88.3 cm³/mol. The maximum atomic E-state index is 12.0. The van der Waals surface area contributed by atoms with Gasteiger partial charge in [-0.1, -0.05) is 19.3 Å². The summed E-state index contributed by atoms with van der Waals surface area (Å²) in [6.07, 6.45) is 6.46. The van der Waals surface area contributed by atoms with Crippen molar-refractivity contribution in [3.63, 3.8) is 0 Å². The molecule has 0 aromatic carbocycles. The monoisotopic (exact) mass is 342 g/mol. The highest BCUT2D eigenvalue weighted by atomic mass is 16.3. The van der Waals surface area contributed by atoms with Crippen molar-refractivity contribution in [2.45, 2.75) is 32.1 Å². The number of aliphatic hydroxyl groups excluding tert-OH is 2. The molecular formula is C17H30N2O5. The lowest BCUT2D eigenvalue weighted by molar-refractivity contribution is -0.123. The highest BCUT2D eigenvalue weighted by Crippen LogP contribution is 2.61. The number of carbonyl (C=O) groups excluding carboxylic acids is 1. The van der Waals surface area contributed by atoms with Gasteiger partial charge in [0.25, 0.3) is 6.47 Å². The van der Waals surface area contributed by atoms with E-state index in [1.54, 1.807) is 0 Å². The Morgan fingerprint density at radius 1 is 1.12 bits per heavy atom.